The maximum atomic E-state index is 5.58. The Morgan fingerprint density at radius 3 is 1.80 bits per heavy atom. The zero-order valence-corrected chi connectivity index (χ0v) is 6.76. The van der Waals surface area contributed by atoms with Crippen LogP contribution < -0.4 is 17.3 Å². The van der Waals surface area contributed by atoms with Crippen LogP contribution in [-0.2, 0) is 0 Å². The van der Waals surface area contributed by atoms with E-state index >= 15 is 0 Å². The zero-order valence-electron chi connectivity index (χ0n) is 6.76. The minimum atomic E-state index is 0.224. The number of nitrogens with zero attached hydrogens (tertiary/aromatic N) is 1. The standard InChI is InChI=1S/C6H16N4/c1-4(2)10(9)5(3)6(7)8/h4H,7-9H2,1-3H3. The highest BCUT2D eigenvalue weighted by molar-refractivity contribution is 5.02. The van der Waals surface area contributed by atoms with Crippen LogP contribution in [0.5, 0.6) is 0 Å². The highest BCUT2D eigenvalue weighted by atomic mass is 15.4. The zero-order chi connectivity index (χ0) is 8.31. The van der Waals surface area contributed by atoms with Gasteiger partial charge in [-0.3, -0.25) is 0 Å². The topological polar surface area (TPSA) is 81.3 Å². The second-order valence-corrected chi connectivity index (χ2v) is 2.54. The number of nitrogens with two attached hydrogens (primary N) is 3. The molecule has 10 heavy (non-hydrogen) atoms. The van der Waals surface area contributed by atoms with Gasteiger partial charge in [-0.2, -0.15) is 0 Å². The molecule has 0 saturated carbocycles. The number of rotatable bonds is 2. The van der Waals surface area contributed by atoms with Gasteiger partial charge in [0, 0.05) is 6.04 Å². The summed E-state index contributed by atoms with van der Waals surface area (Å²) in [7, 11) is 0. The van der Waals surface area contributed by atoms with Gasteiger partial charge in [-0.05, 0) is 20.8 Å². The fourth-order valence-electron chi connectivity index (χ4n) is 0.536. The van der Waals surface area contributed by atoms with E-state index in [1.807, 2.05) is 13.8 Å². The maximum Gasteiger partial charge on any atom is 0.114 e. The third kappa shape index (κ3) is 2.14. The Kier molecular flexibility index (Phi) is 3.02. The summed E-state index contributed by atoms with van der Waals surface area (Å²) in [5, 5.41) is 1.54. The molecule has 0 spiro atoms. The molecule has 0 bridgehead atoms. The molecule has 0 aromatic rings. The van der Waals surface area contributed by atoms with E-state index in [0.29, 0.717) is 0 Å². The van der Waals surface area contributed by atoms with Crippen molar-refractivity contribution in [2.45, 2.75) is 26.8 Å². The van der Waals surface area contributed by atoms with Crippen LogP contribution in [0.2, 0.25) is 0 Å². The summed E-state index contributed by atoms with van der Waals surface area (Å²) in [5.41, 5.74) is 11.3. The maximum absolute atomic E-state index is 5.58. The van der Waals surface area contributed by atoms with Crippen LogP contribution in [0.3, 0.4) is 0 Å². The molecule has 4 heteroatoms. The minimum Gasteiger partial charge on any atom is -0.384 e. The number of hydrogen-bond acceptors (Lipinski definition) is 4. The van der Waals surface area contributed by atoms with Crippen molar-refractivity contribution in [1.29, 1.82) is 0 Å². The van der Waals surface area contributed by atoms with Crippen molar-refractivity contribution in [3.8, 4) is 0 Å². The van der Waals surface area contributed by atoms with E-state index < -0.39 is 0 Å². The lowest BCUT2D eigenvalue weighted by molar-refractivity contribution is 0.290. The first-order valence-corrected chi connectivity index (χ1v) is 3.22. The van der Waals surface area contributed by atoms with Gasteiger partial charge in [0.15, 0.2) is 0 Å². The molecule has 0 radical (unpaired) electrons. The van der Waals surface area contributed by atoms with Crippen molar-refractivity contribution >= 4 is 0 Å². The first-order valence-electron chi connectivity index (χ1n) is 3.22. The molecule has 0 fully saturated rings. The Balaban J connectivity index is 4.22. The molecular formula is C6H16N4. The highest BCUT2D eigenvalue weighted by Crippen LogP contribution is 2.01. The summed E-state index contributed by atoms with van der Waals surface area (Å²) in [6.45, 7) is 5.72. The average molecular weight is 144 g/mol. The third-order valence-corrected chi connectivity index (χ3v) is 1.36. The van der Waals surface area contributed by atoms with Gasteiger partial charge in [0.25, 0.3) is 0 Å². The summed E-state index contributed by atoms with van der Waals surface area (Å²) in [6, 6.07) is 0.224. The molecule has 0 aliphatic rings. The van der Waals surface area contributed by atoms with Crippen LogP contribution >= 0.6 is 0 Å². The van der Waals surface area contributed by atoms with Crippen LogP contribution in [0.1, 0.15) is 20.8 Å². The van der Waals surface area contributed by atoms with E-state index in [9.17, 15) is 0 Å². The molecule has 0 heterocycles. The van der Waals surface area contributed by atoms with Crippen LogP contribution in [0.4, 0.5) is 0 Å². The van der Waals surface area contributed by atoms with E-state index in [1.54, 1.807) is 6.92 Å². The lowest BCUT2D eigenvalue weighted by Gasteiger charge is -2.23. The number of hydrogen-bond donors (Lipinski definition) is 3. The predicted octanol–water partition coefficient (Wildman–Crippen LogP) is -0.323. The smallest absolute Gasteiger partial charge is 0.114 e. The first-order chi connectivity index (χ1) is 4.46. The summed E-state index contributed by atoms with van der Waals surface area (Å²) in [6.07, 6.45) is 0. The van der Waals surface area contributed by atoms with Gasteiger partial charge in [0.05, 0.1) is 5.70 Å². The molecule has 0 atom stereocenters. The van der Waals surface area contributed by atoms with E-state index in [4.69, 9.17) is 17.3 Å². The average Bonchev–Trinajstić information content (AvgIpc) is 1.84. The van der Waals surface area contributed by atoms with Crippen LogP contribution in [0.25, 0.3) is 0 Å². The largest absolute Gasteiger partial charge is 0.384 e. The summed E-state index contributed by atoms with van der Waals surface area (Å²) >= 11 is 0. The molecule has 0 aliphatic heterocycles. The SMILES string of the molecule is CC(=C(N)N)N(N)C(C)C. The molecule has 0 aromatic heterocycles. The predicted molar refractivity (Wildman–Crippen MR) is 42.2 cm³/mol. The molecule has 60 valence electrons. The molecule has 0 aliphatic carbocycles. The van der Waals surface area contributed by atoms with E-state index in [2.05, 4.69) is 0 Å². The molecule has 0 aromatic carbocycles. The second-order valence-electron chi connectivity index (χ2n) is 2.54. The summed E-state index contributed by atoms with van der Waals surface area (Å²) in [4.78, 5) is 0. The minimum absolute atomic E-state index is 0.224. The second kappa shape index (κ2) is 3.31. The lowest BCUT2D eigenvalue weighted by Crippen LogP contribution is -2.38. The van der Waals surface area contributed by atoms with Gasteiger partial charge >= 0.3 is 0 Å². The van der Waals surface area contributed by atoms with E-state index in [-0.39, 0.29) is 11.9 Å². The molecule has 4 nitrogen and oxygen atoms in total. The van der Waals surface area contributed by atoms with E-state index in [1.165, 1.54) is 5.01 Å². The van der Waals surface area contributed by atoms with Gasteiger partial charge in [-0.25, -0.2) is 5.84 Å². The Morgan fingerprint density at radius 2 is 1.70 bits per heavy atom. The van der Waals surface area contributed by atoms with Crippen molar-refractivity contribution < 1.29 is 0 Å². The monoisotopic (exact) mass is 144 g/mol. The van der Waals surface area contributed by atoms with Crippen molar-refractivity contribution in [2.75, 3.05) is 0 Å². The van der Waals surface area contributed by atoms with Crippen molar-refractivity contribution in [3.63, 3.8) is 0 Å². The summed E-state index contributed by atoms with van der Waals surface area (Å²) in [5.74, 6) is 5.85. The molecule has 0 saturated heterocycles. The Hall–Kier alpha value is -0.900. The Labute approximate surface area is 61.6 Å². The normalized spacial score (nSPS) is 9.70. The van der Waals surface area contributed by atoms with Crippen molar-refractivity contribution in [3.05, 3.63) is 11.5 Å². The highest BCUT2D eigenvalue weighted by Gasteiger charge is 2.05. The quantitative estimate of drug-likeness (QED) is 0.366. The van der Waals surface area contributed by atoms with Crippen LogP contribution in [0, 0.1) is 0 Å². The third-order valence-electron chi connectivity index (χ3n) is 1.36. The van der Waals surface area contributed by atoms with Crippen molar-refractivity contribution in [2.24, 2.45) is 17.3 Å². The van der Waals surface area contributed by atoms with Gasteiger partial charge in [-0.1, -0.05) is 0 Å². The number of hydrazine groups is 1. The van der Waals surface area contributed by atoms with Crippen LogP contribution in [0.15, 0.2) is 11.5 Å². The van der Waals surface area contributed by atoms with Crippen molar-refractivity contribution in [1.82, 2.24) is 5.01 Å². The Morgan fingerprint density at radius 1 is 1.30 bits per heavy atom. The molecular weight excluding hydrogens is 128 g/mol. The van der Waals surface area contributed by atoms with Gasteiger partial charge in [0.2, 0.25) is 0 Å². The van der Waals surface area contributed by atoms with Gasteiger partial charge in [0.1, 0.15) is 5.82 Å². The molecule has 0 unspecified atom stereocenters. The summed E-state index contributed by atoms with van der Waals surface area (Å²) < 4.78 is 0. The molecule has 0 rings (SSSR count). The Bertz CT molecular complexity index is 135. The van der Waals surface area contributed by atoms with Gasteiger partial charge in [-0.15, -0.1) is 0 Å². The molecule has 6 N–H and O–H groups in total. The fraction of sp³-hybridized carbons (Fsp3) is 0.667. The molecule has 0 amide bonds. The fourth-order valence-corrected chi connectivity index (χ4v) is 0.536. The number of allylic oxidation sites excluding steroid dienone is 1. The van der Waals surface area contributed by atoms with E-state index in [0.717, 1.165) is 5.70 Å². The first kappa shape index (κ1) is 9.10. The van der Waals surface area contributed by atoms with Crippen LogP contribution in [-0.4, -0.2) is 11.1 Å². The van der Waals surface area contributed by atoms with Gasteiger partial charge < -0.3 is 16.5 Å². The lowest BCUT2D eigenvalue weighted by atomic mass is 10.3.